The van der Waals surface area contributed by atoms with E-state index in [4.69, 9.17) is 27.9 Å². The molecule has 1 N–H and O–H groups in total. The van der Waals surface area contributed by atoms with Crippen LogP contribution >= 0.6 is 23.2 Å². The van der Waals surface area contributed by atoms with Gasteiger partial charge in [-0.05, 0) is 41.8 Å². The number of hydrogen-bond acceptors (Lipinski definition) is 3. The van der Waals surface area contributed by atoms with E-state index in [0.717, 1.165) is 11.1 Å². The molecule has 0 unspecified atom stereocenters. The van der Waals surface area contributed by atoms with Crippen LogP contribution in [0.2, 0.25) is 10.0 Å². The van der Waals surface area contributed by atoms with Crippen molar-refractivity contribution in [2.24, 2.45) is 0 Å². The zero-order valence-corrected chi connectivity index (χ0v) is 16.3. The van der Waals surface area contributed by atoms with Gasteiger partial charge in [0.05, 0.1) is 5.56 Å². The number of esters is 1. The van der Waals surface area contributed by atoms with Crippen molar-refractivity contribution in [2.75, 3.05) is 11.9 Å². The van der Waals surface area contributed by atoms with Gasteiger partial charge in [-0.3, -0.25) is 4.79 Å². The van der Waals surface area contributed by atoms with Gasteiger partial charge in [-0.15, -0.1) is 0 Å². The van der Waals surface area contributed by atoms with E-state index < -0.39 is 18.5 Å². The quantitative estimate of drug-likeness (QED) is 0.551. The Bertz CT molecular complexity index is 970. The summed E-state index contributed by atoms with van der Waals surface area (Å²) in [7, 11) is 0. The van der Waals surface area contributed by atoms with Crippen molar-refractivity contribution >= 4 is 40.8 Å². The number of anilines is 1. The van der Waals surface area contributed by atoms with Crippen LogP contribution in [-0.2, 0) is 16.0 Å². The number of amides is 1. The van der Waals surface area contributed by atoms with Crippen LogP contribution in [0.1, 0.15) is 21.5 Å². The highest BCUT2D eigenvalue weighted by molar-refractivity contribution is 6.35. The number of rotatable bonds is 6. The Balaban J connectivity index is 1.62. The molecule has 3 aromatic rings. The smallest absolute Gasteiger partial charge is 0.338 e. The number of carbonyl (C=O) groups is 2. The number of halogens is 2. The molecule has 3 rings (SSSR count). The Morgan fingerprint density at radius 1 is 0.857 bits per heavy atom. The summed E-state index contributed by atoms with van der Waals surface area (Å²) in [6.07, 6.45) is 0.597. The van der Waals surface area contributed by atoms with Gasteiger partial charge in [0.25, 0.3) is 5.91 Å². The minimum Gasteiger partial charge on any atom is -0.452 e. The van der Waals surface area contributed by atoms with Crippen molar-refractivity contribution in [2.45, 2.75) is 6.42 Å². The molecular formula is C22H17Cl2NO3. The van der Waals surface area contributed by atoms with E-state index in [2.05, 4.69) is 5.32 Å². The summed E-state index contributed by atoms with van der Waals surface area (Å²) in [6.45, 7) is -0.414. The van der Waals surface area contributed by atoms with E-state index in [1.807, 2.05) is 42.5 Å². The van der Waals surface area contributed by atoms with Gasteiger partial charge in [0.1, 0.15) is 0 Å². The molecule has 0 fully saturated rings. The molecule has 142 valence electrons. The first-order valence-corrected chi connectivity index (χ1v) is 9.32. The van der Waals surface area contributed by atoms with E-state index in [1.54, 1.807) is 30.3 Å². The maximum absolute atomic E-state index is 12.5. The second-order valence-corrected chi connectivity index (χ2v) is 6.97. The molecule has 0 saturated heterocycles. The van der Waals surface area contributed by atoms with Gasteiger partial charge in [0.15, 0.2) is 6.61 Å². The zero-order valence-electron chi connectivity index (χ0n) is 14.8. The highest BCUT2D eigenvalue weighted by Gasteiger charge is 2.15. The third kappa shape index (κ3) is 5.59. The van der Waals surface area contributed by atoms with E-state index in [1.165, 1.54) is 0 Å². The summed E-state index contributed by atoms with van der Waals surface area (Å²) in [5.41, 5.74) is 2.78. The van der Waals surface area contributed by atoms with Crippen LogP contribution in [0.5, 0.6) is 0 Å². The normalized spacial score (nSPS) is 10.4. The summed E-state index contributed by atoms with van der Waals surface area (Å²) >= 11 is 11.8. The molecular weight excluding hydrogens is 397 g/mol. The topological polar surface area (TPSA) is 55.4 Å². The molecule has 0 saturated carbocycles. The van der Waals surface area contributed by atoms with Crippen molar-refractivity contribution in [3.05, 3.63) is 99.5 Å². The van der Waals surface area contributed by atoms with E-state index >= 15 is 0 Å². The van der Waals surface area contributed by atoms with Gasteiger partial charge >= 0.3 is 5.97 Å². The second-order valence-electron chi connectivity index (χ2n) is 6.10. The fraction of sp³-hybridized carbons (Fsp3) is 0.0909. The third-order valence-electron chi connectivity index (χ3n) is 3.96. The van der Waals surface area contributed by atoms with Crippen molar-refractivity contribution < 1.29 is 14.3 Å². The number of carbonyl (C=O) groups excluding carboxylic acids is 2. The lowest BCUT2D eigenvalue weighted by Gasteiger charge is -2.10. The third-order valence-corrected chi connectivity index (χ3v) is 4.39. The molecule has 0 bridgehead atoms. The number of ether oxygens (including phenoxy) is 1. The highest BCUT2D eigenvalue weighted by Crippen LogP contribution is 2.22. The van der Waals surface area contributed by atoms with Crippen molar-refractivity contribution in [3.8, 4) is 0 Å². The second kappa shape index (κ2) is 9.40. The van der Waals surface area contributed by atoms with E-state index in [0.29, 0.717) is 27.7 Å². The van der Waals surface area contributed by atoms with Crippen molar-refractivity contribution in [3.63, 3.8) is 0 Å². The van der Waals surface area contributed by atoms with Crippen LogP contribution in [0.25, 0.3) is 0 Å². The van der Waals surface area contributed by atoms with Gasteiger partial charge < -0.3 is 10.1 Å². The molecule has 0 atom stereocenters. The van der Waals surface area contributed by atoms with Crippen molar-refractivity contribution in [1.82, 2.24) is 0 Å². The fourth-order valence-electron chi connectivity index (χ4n) is 2.72. The van der Waals surface area contributed by atoms with Gasteiger partial charge in [0, 0.05) is 15.7 Å². The summed E-state index contributed by atoms with van der Waals surface area (Å²) in [5.74, 6) is -1.03. The first-order valence-electron chi connectivity index (χ1n) is 8.56. The predicted octanol–water partition coefficient (Wildman–Crippen LogP) is 5.38. The fourth-order valence-corrected chi connectivity index (χ4v) is 3.25. The lowest BCUT2D eigenvalue weighted by atomic mass is 10.00. The molecule has 0 spiro atoms. The average Bonchev–Trinajstić information content (AvgIpc) is 2.66. The van der Waals surface area contributed by atoms with E-state index in [-0.39, 0.29) is 0 Å². The molecule has 0 aliphatic carbocycles. The molecule has 0 aliphatic heterocycles. The maximum Gasteiger partial charge on any atom is 0.338 e. The van der Waals surface area contributed by atoms with Gasteiger partial charge in [0.2, 0.25) is 0 Å². The largest absolute Gasteiger partial charge is 0.452 e. The maximum atomic E-state index is 12.5. The minimum atomic E-state index is -0.550. The van der Waals surface area contributed by atoms with Crippen molar-refractivity contribution in [1.29, 1.82) is 0 Å². The zero-order chi connectivity index (χ0) is 19.9. The van der Waals surface area contributed by atoms with Crippen LogP contribution in [-0.4, -0.2) is 18.5 Å². The van der Waals surface area contributed by atoms with Crippen LogP contribution in [0.4, 0.5) is 5.69 Å². The lowest BCUT2D eigenvalue weighted by molar-refractivity contribution is -0.119. The molecule has 4 nitrogen and oxygen atoms in total. The average molecular weight is 414 g/mol. The Morgan fingerprint density at radius 3 is 2.21 bits per heavy atom. The highest BCUT2D eigenvalue weighted by atomic mass is 35.5. The minimum absolute atomic E-state index is 0.398. The molecule has 3 aromatic carbocycles. The summed E-state index contributed by atoms with van der Waals surface area (Å²) in [5, 5.41) is 3.40. The Labute approximate surface area is 173 Å². The number of hydrogen-bond donors (Lipinski definition) is 1. The molecule has 0 radical (unpaired) electrons. The standard InChI is InChI=1S/C22H17Cl2NO3/c23-17-11-18(24)13-19(12-17)25-21(26)14-28-22(27)20-9-5-4-8-16(20)10-15-6-2-1-3-7-15/h1-9,11-13H,10,14H2,(H,25,26). The summed E-state index contributed by atoms with van der Waals surface area (Å²) in [4.78, 5) is 24.5. The molecule has 1 amide bonds. The summed E-state index contributed by atoms with van der Waals surface area (Å²) in [6, 6.07) is 21.7. The first kappa shape index (κ1) is 19.9. The SMILES string of the molecule is O=C(COC(=O)c1ccccc1Cc1ccccc1)Nc1cc(Cl)cc(Cl)c1. The Kier molecular flexibility index (Phi) is 6.69. The van der Waals surface area contributed by atoms with Crippen LogP contribution in [0.3, 0.4) is 0 Å². The monoisotopic (exact) mass is 413 g/mol. The molecule has 0 heterocycles. The number of benzene rings is 3. The van der Waals surface area contributed by atoms with Gasteiger partial charge in [-0.2, -0.15) is 0 Å². The molecule has 0 aliphatic rings. The molecule has 0 aromatic heterocycles. The van der Waals surface area contributed by atoms with Crippen LogP contribution in [0, 0.1) is 0 Å². The van der Waals surface area contributed by atoms with Gasteiger partial charge in [-0.25, -0.2) is 4.79 Å². The lowest BCUT2D eigenvalue weighted by Crippen LogP contribution is -2.21. The number of nitrogens with one attached hydrogen (secondary N) is 1. The van der Waals surface area contributed by atoms with Crippen LogP contribution in [0.15, 0.2) is 72.8 Å². The van der Waals surface area contributed by atoms with Crippen LogP contribution < -0.4 is 5.32 Å². The molecule has 28 heavy (non-hydrogen) atoms. The van der Waals surface area contributed by atoms with Gasteiger partial charge in [-0.1, -0.05) is 71.7 Å². The van der Waals surface area contributed by atoms with E-state index in [9.17, 15) is 9.59 Å². The first-order chi connectivity index (χ1) is 13.5. The molecule has 6 heteroatoms. The predicted molar refractivity (Wildman–Crippen MR) is 111 cm³/mol. The summed E-state index contributed by atoms with van der Waals surface area (Å²) < 4.78 is 5.18. The Morgan fingerprint density at radius 2 is 1.50 bits per heavy atom. The Hall–Kier alpha value is -2.82.